The van der Waals surface area contributed by atoms with Gasteiger partial charge in [-0.3, -0.25) is 0 Å². The smallest absolute Gasteiger partial charge is 0.000434 e. The van der Waals surface area contributed by atoms with Crippen molar-refractivity contribution in [3.63, 3.8) is 0 Å². The summed E-state index contributed by atoms with van der Waals surface area (Å²) in [4.78, 5) is 0. The number of hydrogen-bond acceptors (Lipinski definition) is 0. The van der Waals surface area contributed by atoms with Crippen LogP contribution in [0.1, 0.15) is 53.1 Å². The van der Waals surface area contributed by atoms with Crippen molar-refractivity contribution in [2.75, 3.05) is 0 Å². The first-order valence-electron chi connectivity index (χ1n) is 10.4. The molecule has 0 spiro atoms. The predicted molar refractivity (Wildman–Crippen MR) is 119 cm³/mol. The molecule has 28 heavy (non-hydrogen) atoms. The van der Waals surface area contributed by atoms with Gasteiger partial charge in [-0.05, 0) is 92.1 Å². The second-order valence-electron chi connectivity index (χ2n) is 8.77. The van der Waals surface area contributed by atoms with Crippen LogP contribution in [0.5, 0.6) is 0 Å². The fourth-order valence-corrected chi connectivity index (χ4v) is 5.75. The van der Waals surface area contributed by atoms with Crippen LogP contribution in [0.25, 0.3) is 33.0 Å². The first-order valence-corrected chi connectivity index (χ1v) is 10.4. The minimum absolute atomic E-state index is 0.564. The highest BCUT2D eigenvalue weighted by molar-refractivity contribution is 6.01. The summed E-state index contributed by atoms with van der Waals surface area (Å²) in [5.41, 5.74) is 14.8. The van der Waals surface area contributed by atoms with E-state index in [0.717, 1.165) is 12.8 Å². The topological polar surface area (TPSA) is 0 Å². The van der Waals surface area contributed by atoms with Crippen LogP contribution in [-0.4, -0.2) is 0 Å². The quantitative estimate of drug-likeness (QED) is 0.286. The third-order valence-electron chi connectivity index (χ3n) is 6.89. The van der Waals surface area contributed by atoms with Gasteiger partial charge in [0.05, 0.1) is 0 Å². The van der Waals surface area contributed by atoms with E-state index in [1.54, 1.807) is 11.1 Å². The average Bonchev–Trinajstić information content (AvgIpc) is 3.25. The maximum atomic E-state index is 2.38. The maximum absolute atomic E-state index is 2.38. The standard InChI is InChI=1S/C28H24/c1-16(2)28-17(3)8-9-24-23-13-12-21-22(26(23)15-27(24)28)11-10-20-19-7-5-4-6-18(19)14-25(20)21/h4-13,16H,14-15H2,1-3H3. The molecule has 0 heteroatoms. The van der Waals surface area contributed by atoms with Gasteiger partial charge in [0, 0.05) is 0 Å². The van der Waals surface area contributed by atoms with E-state index < -0.39 is 0 Å². The van der Waals surface area contributed by atoms with Gasteiger partial charge in [-0.25, -0.2) is 0 Å². The van der Waals surface area contributed by atoms with Crippen molar-refractivity contribution in [3.8, 4) is 22.3 Å². The Hall–Kier alpha value is -2.86. The fraction of sp³-hybridized carbons (Fsp3) is 0.214. The molecule has 0 saturated carbocycles. The molecular weight excluding hydrogens is 336 g/mol. The van der Waals surface area contributed by atoms with Crippen molar-refractivity contribution in [2.24, 2.45) is 0 Å². The Morgan fingerprint density at radius 3 is 1.96 bits per heavy atom. The molecule has 2 aliphatic rings. The monoisotopic (exact) mass is 360 g/mol. The number of aryl methyl sites for hydroxylation is 1. The van der Waals surface area contributed by atoms with E-state index in [0.29, 0.717) is 5.92 Å². The third-order valence-corrected chi connectivity index (χ3v) is 6.89. The SMILES string of the molecule is Cc1ccc2c(c1C(C)C)Cc1c-2ccc2c3c(ccc12)-c1ccccc1C3. The van der Waals surface area contributed by atoms with Gasteiger partial charge in [-0.1, -0.05) is 74.5 Å². The van der Waals surface area contributed by atoms with Gasteiger partial charge in [-0.2, -0.15) is 0 Å². The molecule has 0 amide bonds. The van der Waals surface area contributed by atoms with Crippen LogP contribution in [0.2, 0.25) is 0 Å². The Kier molecular flexibility index (Phi) is 3.21. The number of hydrogen-bond donors (Lipinski definition) is 0. The molecule has 4 aromatic rings. The lowest BCUT2D eigenvalue weighted by molar-refractivity contribution is 0.842. The van der Waals surface area contributed by atoms with Crippen molar-refractivity contribution in [1.82, 2.24) is 0 Å². The minimum atomic E-state index is 0.564. The number of rotatable bonds is 1. The molecule has 0 N–H and O–H groups in total. The van der Waals surface area contributed by atoms with Crippen LogP contribution < -0.4 is 0 Å². The Morgan fingerprint density at radius 1 is 0.607 bits per heavy atom. The molecular formula is C28H24. The molecule has 0 aromatic heterocycles. The van der Waals surface area contributed by atoms with Gasteiger partial charge in [0.1, 0.15) is 0 Å². The summed E-state index contributed by atoms with van der Waals surface area (Å²) in [5, 5.41) is 2.90. The molecule has 0 bridgehead atoms. The minimum Gasteiger partial charge on any atom is -0.0619 e. The van der Waals surface area contributed by atoms with Gasteiger partial charge in [-0.15, -0.1) is 0 Å². The van der Waals surface area contributed by atoms with E-state index in [9.17, 15) is 0 Å². The van der Waals surface area contributed by atoms with Gasteiger partial charge < -0.3 is 0 Å². The van der Waals surface area contributed by atoms with E-state index in [-0.39, 0.29) is 0 Å². The van der Waals surface area contributed by atoms with Crippen LogP contribution in [0, 0.1) is 6.92 Å². The lowest BCUT2D eigenvalue weighted by Crippen LogP contribution is -1.98. The summed E-state index contributed by atoms with van der Waals surface area (Å²) >= 11 is 0. The Bertz CT molecular complexity index is 1290. The first-order chi connectivity index (χ1) is 13.6. The summed E-state index contributed by atoms with van der Waals surface area (Å²) in [7, 11) is 0. The van der Waals surface area contributed by atoms with E-state index in [4.69, 9.17) is 0 Å². The number of fused-ring (bicyclic) bond motifs is 9. The zero-order chi connectivity index (χ0) is 19.0. The molecule has 0 saturated heterocycles. The summed E-state index contributed by atoms with van der Waals surface area (Å²) in [6, 6.07) is 23.0. The van der Waals surface area contributed by atoms with Crippen LogP contribution in [-0.2, 0) is 12.8 Å². The summed E-state index contributed by atoms with van der Waals surface area (Å²) in [5.74, 6) is 0.564. The molecule has 0 unspecified atom stereocenters. The molecule has 2 aliphatic carbocycles. The molecule has 0 nitrogen and oxygen atoms in total. The molecule has 0 heterocycles. The van der Waals surface area contributed by atoms with Crippen LogP contribution in [0.4, 0.5) is 0 Å². The lowest BCUT2D eigenvalue weighted by atomic mass is 9.89. The van der Waals surface area contributed by atoms with Crippen LogP contribution in [0.3, 0.4) is 0 Å². The highest BCUT2D eigenvalue weighted by atomic mass is 14.3. The zero-order valence-electron chi connectivity index (χ0n) is 16.8. The van der Waals surface area contributed by atoms with E-state index >= 15 is 0 Å². The molecule has 136 valence electrons. The fourth-order valence-electron chi connectivity index (χ4n) is 5.75. The molecule has 0 radical (unpaired) electrons. The Morgan fingerprint density at radius 2 is 1.21 bits per heavy atom. The van der Waals surface area contributed by atoms with Gasteiger partial charge in [0.15, 0.2) is 0 Å². The summed E-state index contributed by atoms with van der Waals surface area (Å²) < 4.78 is 0. The predicted octanol–water partition coefficient (Wildman–Crippen LogP) is 7.41. The van der Waals surface area contributed by atoms with Crippen molar-refractivity contribution in [3.05, 3.63) is 94.0 Å². The van der Waals surface area contributed by atoms with Crippen molar-refractivity contribution >= 4 is 10.8 Å². The van der Waals surface area contributed by atoms with Crippen LogP contribution >= 0.6 is 0 Å². The van der Waals surface area contributed by atoms with Gasteiger partial charge in [0.2, 0.25) is 0 Å². The van der Waals surface area contributed by atoms with Crippen molar-refractivity contribution < 1.29 is 0 Å². The molecule has 4 aromatic carbocycles. The summed E-state index contributed by atoms with van der Waals surface area (Å²) in [6.45, 7) is 6.92. The normalized spacial score (nSPS) is 13.6. The largest absolute Gasteiger partial charge is 0.0619 e. The highest BCUT2D eigenvalue weighted by Crippen LogP contribution is 2.47. The summed E-state index contributed by atoms with van der Waals surface area (Å²) in [6.07, 6.45) is 2.13. The Balaban J connectivity index is 1.59. The molecule has 0 fully saturated rings. The van der Waals surface area contributed by atoms with Crippen LogP contribution in [0.15, 0.2) is 60.7 Å². The first kappa shape index (κ1) is 16.1. The van der Waals surface area contributed by atoms with E-state index in [2.05, 4.69) is 81.4 Å². The highest BCUT2D eigenvalue weighted by Gasteiger charge is 2.27. The second-order valence-corrected chi connectivity index (χ2v) is 8.77. The lowest BCUT2D eigenvalue weighted by Gasteiger charge is -2.15. The van der Waals surface area contributed by atoms with Crippen molar-refractivity contribution in [1.29, 1.82) is 0 Å². The zero-order valence-corrected chi connectivity index (χ0v) is 16.8. The van der Waals surface area contributed by atoms with Gasteiger partial charge >= 0.3 is 0 Å². The van der Waals surface area contributed by atoms with E-state index in [1.165, 1.54) is 55.3 Å². The van der Waals surface area contributed by atoms with Crippen molar-refractivity contribution in [2.45, 2.75) is 39.5 Å². The number of benzene rings is 4. The maximum Gasteiger partial charge on any atom is -0.000434 e. The molecule has 6 rings (SSSR count). The Labute approximate surface area is 166 Å². The second kappa shape index (κ2) is 5.58. The third kappa shape index (κ3) is 2.01. The average molecular weight is 361 g/mol. The molecule has 0 aliphatic heterocycles. The molecule has 0 atom stereocenters. The van der Waals surface area contributed by atoms with E-state index in [1.807, 2.05) is 0 Å². The van der Waals surface area contributed by atoms with Gasteiger partial charge in [0.25, 0.3) is 0 Å².